The van der Waals surface area contributed by atoms with E-state index in [0.29, 0.717) is 12.4 Å². The van der Waals surface area contributed by atoms with Gasteiger partial charge in [0.05, 0.1) is 6.61 Å². The Labute approximate surface area is 99.7 Å². The van der Waals surface area contributed by atoms with Gasteiger partial charge in [-0.05, 0) is 12.8 Å². The summed E-state index contributed by atoms with van der Waals surface area (Å²) in [6.45, 7) is 4.55. The molecule has 0 aliphatic heterocycles. The molecule has 0 bridgehead atoms. The molecule has 0 aromatic heterocycles. The number of halogens is 4. The molecule has 0 spiro atoms. The summed E-state index contributed by atoms with van der Waals surface area (Å²) in [5, 5.41) is 0. The molecule has 0 heterocycles. The Morgan fingerprint density at radius 2 is 1.75 bits per heavy atom. The smallest absolute Gasteiger partial charge is 0.297 e. The number of hydrogen-bond donors (Lipinski definition) is 0. The monoisotopic (exact) mass is 261 g/mol. The number of hydrogen-bond acceptors (Lipinski definition) is 2. The first-order chi connectivity index (χ1) is 7.44. The molecule has 0 amide bonds. The van der Waals surface area contributed by atoms with Gasteiger partial charge in [-0.15, -0.1) is 24.8 Å². The van der Waals surface area contributed by atoms with Gasteiger partial charge in [0.15, 0.2) is 0 Å². The summed E-state index contributed by atoms with van der Waals surface area (Å²) in [6.07, 6.45) is -2.74. The zero-order valence-electron chi connectivity index (χ0n) is 9.69. The van der Waals surface area contributed by atoms with Crippen molar-refractivity contribution in [2.45, 2.75) is 39.1 Å². The SMILES string of the molecule is CCC(CC)N(CCCl)CCOC(F)(F)F. The molecular weight excluding hydrogens is 243 g/mol. The van der Waals surface area contributed by atoms with E-state index in [2.05, 4.69) is 4.74 Å². The molecule has 6 heteroatoms. The fourth-order valence-corrected chi connectivity index (χ4v) is 1.89. The maximum Gasteiger partial charge on any atom is 0.522 e. The van der Waals surface area contributed by atoms with Gasteiger partial charge in [0.1, 0.15) is 0 Å². The molecule has 0 aromatic rings. The van der Waals surface area contributed by atoms with Crippen LogP contribution in [0.3, 0.4) is 0 Å². The maximum absolute atomic E-state index is 11.8. The molecule has 0 atom stereocenters. The lowest BCUT2D eigenvalue weighted by Crippen LogP contribution is -2.39. The first-order valence-electron chi connectivity index (χ1n) is 5.45. The van der Waals surface area contributed by atoms with Gasteiger partial charge in [0, 0.05) is 25.0 Å². The van der Waals surface area contributed by atoms with Gasteiger partial charge in [0.2, 0.25) is 0 Å². The third-order valence-corrected chi connectivity index (χ3v) is 2.64. The first kappa shape index (κ1) is 16.0. The van der Waals surface area contributed by atoms with E-state index in [1.165, 1.54) is 0 Å². The molecular formula is C10H19ClF3NO. The number of alkyl halides is 4. The zero-order valence-corrected chi connectivity index (χ0v) is 10.4. The molecule has 0 N–H and O–H groups in total. The summed E-state index contributed by atoms with van der Waals surface area (Å²) in [4.78, 5) is 1.94. The normalized spacial score (nSPS) is 12.8. The van der Waals surface area contributed by atoms with Gasteiger partial charge in [-0.3, -0.25) is 9.64 Å². The zero-order chi connectivity index (χ0) is 12.6. The van der Waals surface area contributed by atoms with Crippen molar-refractivity contribution in [1.82, 2.24) is 4.90 Å². The average molecular weight is 262 g/mol. The minimum absolute atomic E-state index is 0.262. The molecule has 0 rings (SSSR count). The number of ether oxygens (including phenoxy) is 1. The minimum atomic E-state index is -4.54. The minimum Gasteiger partial charge on any atom is -0.297 e. The molecule has 16 heavy (non-hydrogen) atoms. The Hall–Kier alpha value is -0.0000000000000000555. The topological polar surface area (TPSA) is 12.5 Å². The molecule has 0 aliphatic rings. The second-order valence-electron chi connectivity index (χ2n) is 3.49. The van der Waals surface area contributed by atoms with Crippen LogP contribution in [0.4, 0.5) is 13.2 Å². The van der Waals surface area contributed by atoms with Crippen LogP contribution in [0.2, 0.25) is 0 Å². The molecule has 0 aromatic carbocycles. The van der Waals surface area contributed by atoms with Gasteiger partial charge < -0.3 is 0 Å². The van der Waals surface area contributed by atoms with Crippen LogP contribution in [0.25, 0.3) is 0 Å². The molecule has 98 valence electrons. The lowest BCUT2D eigenvalue weighted by Gasteiger charge is -2.29. The van der Waals surface area contributed by atoms with Gasteiger partial charge in [-0.25, -0.2) is 0 Å². The van der Waals surface area contributed by atoms with E-state index < -0.39 is 6.36 Å². The van der Waals surface area contributed by atoms with Crippen LogP contribution >= 0.6 is 11.6 Å². The van der Waals surface area contributed by atoms with Gasteiger partial charge in [0.25, 0.3) is 0 Å². The van der Waals surface area contributed by atoms with E-state index in [1.807, 2.05) is 18.7 Å². The summed E-state index contributed by atoms with van der Waals surface area (Å²) >= 11 is 5.62. The highest BCUT2D eigenvalue weighted by Crippen LogP contribution is 2.16. The second-order valence-corrected chi connectivity index (χ2v) is 3.87. The van der Waals surface area contributed by atoms with Crippen LogP contribution < -0.4 is 0 Å². The predicted molar refractivity (Wildman–Crippen MR) is 58.7 cm³/mol. The van der Waals surface area contributed by atoms with E-state index in [9.17, 15) is 13.2 Å². The highest BCUT2D eigenvalue weighted by molar-refractivity contribution is 6.18. The maximum atomic E-state index is 11.8. The highest BCUT2D eigenvalue weighted by Gasteiger charge is 2.29. The van der Waals surface area contributed by atoms with Crippen LogP contribution in [0.15, 0.2) is 0 Å². The van der Waals surface area contributed by atoms with Crippen LogP contribution in [-0.2, 0) is 4.74 Å². The Kier molecular flexibility index (Phi) is 8.14. The number of rotatable bonds is 8. The fourth-order valence-electron chi connectivity index (χ4n) is 1.67. The molecule has 0 saturated carbocycles. The standard InChI is InChI=1S/C10H19ClF3NO/c1-3-9(4-2)15(6-5-11)7-8-16-10(12,13)14/h9H,3-8H2,1-2H3. The molecule has 0 aliphatic carbocycles. The molecule has 0 unspecified atom stereocenters. The second kappa shape index (κ2) is 8.14. The first-order valence-corrected chi connectivity index (χ1v) is 5.98. The Morgan fingerprint density at radius 3 is 2.12 bits per heavy atom. The van der Waals surface area contributed by atoms with Crippen molar-refractivity contribution in [3.63, 3.8) is 0 Å². The van der Waals surface area contributed by atoms with Crippen molar-refractivity contribution in [2.24, 2.45) is 0 Å². The Bertz CT molecular complexity index is 174. The van der Waals surface area contributed by atoms with Gasteiger partial charge >= 0.3 is 6.36 Å². The van der Waals surface area contributed by atoms with Crippen molar-refractivity contribution >= 4 is 11.6 Å². The lowest BCUT2D eigenvalue weighted by molar-refractivity contribution is -0.325. The summed E-state index contributed by atoms with van der Waals surface area (Å²) in [6, 6.07) is 0.274. The van der Waals surface area contributed by atoms with E-state index in [1.54, 1.807) is 0 Å². The van der Waals surface area contributed by atoms with Crippen LogP contribution in [0.5, 0.6) is 0 Å². The largest absolute Gasteiger partial charge is 0.522 e. The third-order valence-electron chi connectivity index (χ3n) is 2.47. The van der Waals surface area contributed by atoms with Crippen molar-refractivity contribution in [2.75, 3.05) is 25.6 Å². The summed E-state index contributed by atoms with van der Waals surface area (Å²) < 4.78 is 39.1. The van der Waals surface area contributed by atoms with Crippen molar-refractivity contribution in [1.29, 1.82) is 0 Å². The molecule has 0 saturated heterocycles. The average Bonchev–Trinajstić information content (AvgIpc) is 2.17. The van der Waals surface area contributed by atoms with Crippen molar-refractivity contribution in [3.8, 4) is 0 Å². The molecule has 2 nitrogen and oxygen atoms in total. The predicted octanol–water partition coefficient (Wildman–Crippen LogP) is 3.25. The van der Waals surface area contributed by atoms with E-state index in [-0.39, 0.29) is 19.2 Å². The van der Waals surface area contributed by atoms with E-state index in [0.717, 1.165) is 12.8 Å². The van der Waals surface area contributed by atoms with Crippen molar-refractivity contribution in [3.05, 3.63) is 0 Å². The van der Waals surface area contributed by atoms with Crippen molar-refractivity contribution < 1.29 is 17.9 Å². The summed E-state index contributed by atoms with van der Waals surface area (Å²) in [5.74, 6) is 0.419. The molecule has 0 fully saturated rings. The van der Waals surface area contributed by atoms with Gasteiger partial charge in [-0.1, -0.05) is 13.8 Å². The Balaban J connectivity index is 4.02. The quantitative estimate of drug-likeness (QED) is 0.622. The lowest BCUT2D eigenvalue weighted by atomic mass is 10.1. The van der Waals surface area contributed by atoms with Gasteiger partial charge in [-0.2, -0.15) is 0 Å². The fraction of sp³-hybridized carbons (Fsp3) is 1.00. The molecule has 0 radical (unpaired) electrons. The highest BCUT2D eigenvalue weighted by atomic mass is 35.5. The van der Waals surface area contributed by atoms with Crippen LogP contribution in [-0.4, -0.2) is 42.9 Å². The summed E-state index contributed by atoms with van der Waals surface area (Å²) in [5.41, 5.74) is 0. The number of nitrogens with zero attached hydrogens (tertiary/aromatic N) is 1. The van der Waals surface area contributed by atoms with Crippen LogP contribution in [0, 0.1) is 0 Å². The third kappa shape index (κ3) is 7.30. The Morgan fingerprint density at radius 1 is 1.19 bits per heavy atom. The summed E-state index contributed by atoms with van der Waals surface area (Å²) in [7, 11) is 0. The van der Waals surface area contributed by atoms with E-state index >= 15 is 0 Å². The van der Waals surface area contributed by atoms with Crippen LogP contribution in [0.1, 0.15) is 26.7 Å². The van der Waals surface area contributed by atoms with E-state index in [4.69, 9.17) is 11.6 Å².